The van der Waals surface area contributed by atoms with Crippen LogP contribution in [0.4, 0.5) is 0 Å². The molecule has 0 spiro atoms. The van der Waals surface area contributed by atoms with Crippen molar-refractivity contribution in [3.63, 3.8) is 0 Å². The lowest BCUT2D eigenvalue weighted by molar-refractivity contribution is -0.573. The largest absolute Gasteiger partial charge is 0.478 e. The van der Waals surface area contributed by atoms with Gasteiger partial charge in [0.25, 0.3) is 0 Å². The Morgan fingerprint density at radius 2 is 2.09 bits per heavy atom. The minimum absolute atomic E-state index is 0.0602. The van der Waals surface area contributed by atoms with Crippen LogP contribution in [0.2, 0.25) is 0 Å². The number of carboxylic acid groups (broad SMARTS) is 1. The lowest BCUT2D eigenvalue weighted by Gasteiger charge is -2.37. The summed E-state index contributed by atoms with van der Waals surface area (Å²) in [7, 11) is 0. The third-order valence-corrected chi connectivity index (χ3v) is 4.62. The summed E-state index contributed by atoms with van der Waals surface area (Å²) in [5.41, 5.74) is -1.53. The second kappa shape index (κ2) is 6.58. The highest BCUT2D eigenvalue weighted by molar-refractivity contribution is 5.88. The molecule has 0 heterocycles. The number of nitrogens with zero attached hydrogens (tertiary/aromatic N) is 1. The summed E-state index contributed by atoms with van der Waals surface area (Å²) in [5.74, 6) is -1.85. The van der Waals surface area contributed by atoms with Gasteiger partial charge in [0.1, 0.15) is 0 Å². The average Bonchev–Trinajstić information content (AvgIpc) is 2.49. The van der Waals surface area contributed by atoms with Gasteiger partial charge in [-0.25, -0.2) is 10.1 Å². The standard InChI is InChI=1S/C15H22N2O5/c1-2-13-12(14(19)20)4-3-9-15(13,17(21)22)16-10-5-7-11(18)8-6-10/h3-4,9-11,13,16,18H,2,5-8H2,1H3,(H,19,20). The Morgan fingerprint density at radius 1 is 1.45 bits per heavy atom. The molecule has 0 aromatic heterocycles. The predicted molar refractivity (Wildman–Crippen MR) is 79.8 cm³/mol. The lowest BCUT2D eigenvalue weighted by Crippen LogP contribution is -2.61. The van der Waals surface area contributed by atoms with Crippen molar-refractivity contribution in [2.75, 3.05) is 0 Å². The third-order valence-electron chi connectivity index (χ3n) is 4.62. The Morgan fingerprint density at radius 3 is 2.59 bits per heavy atom. The van der Waals surface area contributed by atoms with Crippen molar-refractivity contribution in [2.45, 2.75) is 56.8 Å². The number of nitro groups is 1. The molecule has 0 bridgehead atoms. The van der Waals surface area contributed by atoms with E-state index in [1.54, 1.807) is 6.92 Å². The van der Waals surface area contributed by atoms with E-state index in [9.17, 15) is 25.1 Å². The number of carboxylic acids is 1. The topological polar surface area (TPSA) is 113 Å². The van der Waals surface area contributed by atoms with E-state index in [0.29, 0.717) is 32.1 Å². The maximum Gasteiger partial charge on any atom is 0.332 e. The first-order valence-corrected chi connectivity index (χ1v) is 7.63. The molecule has 2 unspecified atom stereocenters. The van der Waals surface area contributed by atoms with Crippen LogP contribution in [0.1, 0.15) is 39.0 Å². The molecule has 7 nitrogen and oxygen atoms in total. The van der Waals surface area contributed by atoms with Gasteiger partial charge in [0.05, 0.1) is 12.0 Å². The van der Waals surface area contributed by atoms with Crippen LogP contribution in [0.15, 0.2) is 23.8 Å². The van der Waals surface area contributed by atoms with Gasteiger partial charge in [-0.1, -0.05) is 19.1 Å². The van der Waals surface area contributed by atoms with Crippen LogP contribution in [0, 0.1) is 16.0 Å². The van der Waals surface area contributed by atoms with Gasteiger partial charge >= 0.3 is 11.6 Å². The van der Waals surface area contributed by atoms with Gasteiger partial charge in [0.2, 0.25) is 0 Å². The predicted octanol–water partition coefficient (Wildman–Crippen LogP) is 1.46. The van der Waals surface area contributed by atoms with E-state index in [-0.39, 0.29) is 17.7 Å². The third kappa shape index (κ3) is 3.05. The van der Waals surface area contributed by atoms with Gasteiger partial charge in [0.15, 0.2) is 0 Å². The first-order valence-electron chi connectivity index (χ1n) is 7.63. The minimum atomic E-state index is -1.59. The molecule has 7 heteroatoms. The quantitative estimate of drug-likeness (QED) is 0.402. The zero-order valence-electron chi connectivity index (χ0n) is 12.6. The van der Waals surface area contributed by atoms with Crippen molar-refractivity contribution >= 4 is 5.97 Å². The molecule has 0 radical (unpaired) electrons. The number of nitrogens with one attached hydrogen (secondary N) is 1. The first kappa shape index (κ1) is 16.6. The normalized spacial score (nSPS) is 35.0. The molecule has 1 fully saturated rings. The van der Waals surface area contributed by atoms with E-state index >= 15 is 0 Å². The average molecular weight is 310 g/mol. The number of aliphatic hydroxyl groups excluding tert-OH is 1. The van der Waals surface area contributed by atoms with Crippen molar-refractivity contribution in [1.82, 2.24) is 5.32 Å². The molecule has 2 aliphatic rings. The van der Waals surface area contributed by atoms with Crippen molar-refractivity contribution in [3.05, 3.63) is 33.9 Å². The van der Waals surface area contributed by atoms with E-state index < -0.39 is 22.5 Å². The van der Waals surface area contributed by atoms with E-state index in [4.69, 9.17) is 0 Å². The van der Waals surface area contributed by atoms with Gasteiger partial charge in [-0.05, 0) is 32.1 Å². The Labute approximate surface area is 128 Å². The number of hydrogen-bond donors (Lipinski definition) is 3. The summed E-state index contributed by atoms with van der Waals surface area (Å²) < 4.78 is 0. The summed E-state index contributed by atoms with van der Waals surface area (Å²) in [6, 6.07) is -0.0966. The van der Waals surface area contributed by atoms with Crippen LogP contribution < -0.4 is 5.32 Å². The number of rotatable bonds is 5. The van der Waals surface area contributed by atoms with Crippen LogP contribution in [0.3, 0.4) is 0 Å². The van der Waals surface area contributed by atoms with Gasteiger partial charge in [-0.3, -0.25) is 10.1 Å². The smallest absolute Gasteiger partial charge is 0.332 e. The summed E-state index contributed by atoms with van der Waals surface area (Å²) in [6.07, 6.45) is 6.85. The van der Waals surface area contributed by atoms with E-state index in [2.05, 4.69) is 5.32 Å². The van der Waals surface area contributed by atoms with Crippen LogP contribution in [-0.4, -0.2) is 38.9 Å². The highest BCUT2D eigenvalue weighted by atomic mass is 16.6. The number of aliphatic carboxylic acids is 1. The lowest BCUT2D eigenvalue weighted by atomic mass is 9.79. The van der Waals surface area contributed by atoms with Crippen LogP contribution in [-0.2, 0) is 4.79 Å². The summed E-state index contributed by atoms with van der Waals surface area (Å²) in [4.78, 5) is 22.7. The molecule has 0 aromatic carbocycles. The Balaban J connectivity index is 2.28. The zero-order chi connectivity index (χ0) is 16.3. The van der Waals surface area contributed by atoms with Gasteiger partial charge in [-0.2, -0.15) is 0 Å². The van der Waals surface area contributed by atoms with Crippen molar-refractivity contribution in [3.8, 4) is 0 Å². The molecule has 122 valence electrons. The molecule has 0 aromatic rings. The fourth-order valence-corrected chi connectivity index (χ4v) is 3.46. The van der Waals surface area contributed by atoms with Gasteiger partial charge in [0, 0.05) is 22.6 Å². The van der Waals surface area contributed by atoms with E-state index in [0.717, 1.165) is 0 Å². The summed E-state index contributed by atoms with van der Waals surface area (Å²) >= 11 is 0. The van der Waals surface area contributed by atoms with Crippen molar-refractivity contribution in [2.24, 2.45) is 5.92 Å². The molecule has 1 saturated carbocycles. The fourth-order valence-electron chi connectivity index (χ4n) is 3.46. The number of carbonyl (C=O) groups is 1. The molecular weight excluding hydrogens is 288 g/mol. The van der Waals surface area contributed by atoms with Gasteiger partial charge < -0.3 is 10.2 Å². The summed E-state index contributed by atoms with van der Waals surface area (Å²) in [6.45, 7) is 1.76. The number of aliphatic hydroxyl groups is 1. The van der Waals surface area contributed by atoms with Crippen molar-refractivity contribution < 1.29 is 19.9 Å². The number of allylic oxidation sites excluding steroid dienone is 2. The minimum Gasteiger partial charge on any atom is -0.478 e. The molecular formula is C15H22N2O5. The zero-order valence-corrected chi connectivity index (χ0v) is 12.6. The highest BCUT2D eigenvalue weighted by Gasteiger charge is 2.52. The van der Waals surface area contributed by atoms with Crippen LogP contribution in [0.5, 0.6) is 0 Å². The second-order valence-electron chi connectivity index (χ2n) is 5.98. The molecule has 2 aliphatic carbocycles. The molecule has 2 atom stereocenters. The first-order chi connectivity index (χ1) is 10.4. The maximum absolute atomic E-state index is 11.8. The molecule has 0 aliphatic heterocycles. The molecule has 2 rings (SSSR count). The fraction of sp³-hybridized carbons (Fsp3) is 0.667. The molecule has 22 heavy (non-hydrogen) atoms. The monoisotopic (exact) mass is 310 g/mol. The van der Waals surface area contributed by atoms with E-state index in [1.807, 2.05) is 0 Å². The number of hydrogen-bond acceptors (Lipinski definition) is 5. The summed E-state index contributed by atoms with van der Waals surface area (Å²) in [5, 5.41) is 33.7. The van der Waals surface area contributed by atoms with Crippen LogP contribution in [0.25, 0.3) is 0 Å². The molecule has 0 saturated heterocycles. The Kier molecular flexibility index (Phi) is 4.97. The maximum atomic E-state index is 11.8. The Bertz CT molecular complexity index is 508. The van der Waals surface area contributed by atoms with Gasteiger partial charge in [-0.15, -0.1) is 0 Å². The van der Waals surface area contributed by atoms with E-state index in [1.165, 1.54) is 18.2 Å². The second-order valence-corrected chi connectivity index (χ2v) is 5.98. The highest BCUT2D eigenvalue weighted by Crippen LogP contribution is 2.35. The van der Waals surface area contributed by atoms with Crippen molar-refractivity contribution in [1.29, 1.82) is 0 Å². The molecule has 3 N–H and O–H groups in total. The SMILES string of the molecule is CCC1C(C(=O)O)=CC=CC1(NC1CCC(O)CC1)[N+](=O)[O-]. The van der Waals surface area contributed by atoms with Crippen LogP contribution >= 0.6 is 0 Å². The molecule has 0 amide bonds. The Hall–Kier alpha value is -1.73.